The van der Waals surface area contributed by atoms with Crippen LogP contribution in [0.4, 0.5) is 0 Å². The summed E-state index contributed by atoms with van der Waals surface area (Å²) in [4.78, 5) is 23.3. The van der Waals surface area contributed by atoms with Gasteiger partial charge in [0.25, 0.3) is 0 Å². The Morgan fingerprint density at radius 1 is 1.69 bits per heavy atom. The van der Waals surface area contributed by atoms with Crippen LogP contribution in [0.25, 0.3) is 0 Å². The SMILES string of the molecule is CCN1C(=O)CCC1CCC(=O)O. The Morgan fingerprint density at radius 2 is 2.38 bits per heavy atom. The highest BCUT2D eigenvalue weighted by Crippen LogP contribution is 2.21. The Kier molecular flexibility index (Phi) is 3.28. The van der Waals surface area contributed by atoms with E-state index in [-0.39, 0.29) is 18.4 Å². The number of hydrogen-bond donors (Lipinski definition) is 1. The van der Waals surface area contributed by atoms with Gasteiger partial charge >= 0.3 is 5.97 Å². The summed E-state index contributed by atoms with van der Waals surface area (Å²) in [5, 5.41) is 8.50. The molecule has 0 aromatic rings. The Bertz CT molecular complexity index is 215. The van der Waals surface area contributed by atoms with Gasteiger partial charge in [-0.25, -0.2) is 0 Å². The molecule has 1 heterocycles. The van der Waals surface area contributed by atoms with E-state index in [9.17, 15) is 9.59 Å². The molecule has 13 heavy (non-hydrogen) atoms. The Balaban J connectivity index is 2.41. The van der Waals surface area contributed by atoms with Crippen LogP contribution in [0.3, 0.4) is 0 Å². The van der Waals surface area contributed by atoms with Crippen molar-refractivity contribution in [3.63, 3.8) is 0 Å². The van der Waals surface area contributed by atoms with Crippen molar-refractivity contribution in [1.82, 2.24) is 4.90 Å². The maximum atomic E-state index is 11.2. The van der Waals surface area contributed by atoms with Crippen LogP contribution < -0.4 is 0 Å². The van der Waals surface area contributed by atoms with E-state index in [1.165, 1.54) is 0 Å². The van der Waals surface area contributed by atoms with Gasteiger partial charge < -0.3 is 10.0 Å². The first-order valence-corrected chi connectivity index (χ1v) is 4.66. The summed E-state index contributed by atoms with van der Waals surface area (Å²) in [6.07, 6.45) is 2.15. The summed E-state index contributed by atoms with van der Waals surface area (Å²) >= 11 is 0. The van der Waals surface area contributed by atoms with Crippen LogP contribution in [0, 0.1) is 0 Å². The normalized spacial score (nSPS) is 22.4. The van der Waals surface area contributed by atoms with E-state index in [0.29, 0.717) is 19.4 Å². The third-order valence-corrected chi connectivity index (χ3v) is 2.48. The van der Waals surface area contributed by atoms with Gasteiger partial charge in [0.15, 0.2) is 0 Å². The van der Waals surface area contributed by atoms with E-state index < -0.39 is 5.97 Å². The number of nitrogens with zero attached hydrogens (tertiary/aromatic N) is 1. The van der Waals surface area contributed by atoms with Crippen LogP contribution in [-0.4, -0.2) is 34.5 Å². The van der Waals surface area contributed by atoms with E-state index in [2.05, 4.69) is 0 Å². The number of amides is 1. The molecule has 1 amide bonds. The van der Waals surface area contributed by atoms with Crippen molar-refractivity contribution in [2.75, 3.05) is 6.54 Å². The van der Waals surface area contributed by atoms with E-state index >= 15 is 0 Å². The predicted molar refractivity (Wildman–Crippen MR) is 47.3 cm³/mol. The molecule has 0 aromatic heterocycles. The Hall–Kier alpha value is -1.06. The van der Waals surface area contributed by atoms with Gasteiger partial charge in [-0.3, -0.25) is 9.59 Å². The molecule has 0 saturated carbocycles. The number of carbonyl (C=O) groups is 2. The zero-order chi connectivity index (χ0) is 9.84. The van der Waals surface area contributed by atoms with E-state index in [4.69, 9.17) is 5.11 Å². The first kappa shape index (κ1) is 10.0. The number of aliphatic carboxylic acids is 1. The van der Waals surface area contributed by atoms with Gasteiger partial charge in [-0.15, -0.1) is 0 Å². The molecule has 0 radical (unpaired) electrons. The van der Waals surface area contributed by atoms with E-state index in [1.54, 1.807) is 4.90 Å². The highest BCUT2D eigenvalue weighted by molar-refractivity contribution is 5.78. The van der Waals surface area contributed by atoms with Crippen molar-refractivity contribution in [3.05, 3.63) is 0 Å². The molecule has 1 aliphatic rings. The van der Waals surface area contributed by atoms with Crippen LogP contribution in [0.15, 0.2) is 0 Å². The minimum atomic E-state index is -0.782. The molecule has 0 spiro atoms. The quantitative estimate of drug-likeness (QED) is 0.706. The first-order chi connectivity index (χ1) is 6.15. The second kappa shape index (κ2) is 4.25. The molecule has 74 valence electrons. The lowest BCUT2D eigenvalue weighted by Gasteiger charge is -2.22. The maximum Gasteiger partial charge on any atom is 0.303 e. The average Bonchev–Trinajstić information content (AvgIpc) is 2.42. The van der Waals surface area contributed by atoms with Crippen LogP contribution in [-0.2, 0) is 9.59 Å². The van der Waals surface area contributed by atoms with Crippen molar-refractivity contribution in [1.29, 1.82) is 0 Å². The molecule has 0 aromatic carbocycles. The van der Waals surface area contributed by atoms with Gasteiger partial charge in [0, 0.05) is 25.4 Å². The monoisotopic (exact) mass is 185 g/mol. The molecule has 4 nitrogen and oxygen atoms in total. The lowest BCUT2D eigenvalue weighted by molar-refractivity contribution is -0.138. The van der Waals surface area contributed by atoms with Gasteiger partial charge in [0.1, 0.15) is 0 Å². The molecule has 0 bridgehead atoms. The van der Waals surface area contributed by atoms with Gasteiger partial charge in [0.2, 0.25) is 5.91 Å². The first-order valence-electron chi connectivity index (χ1n) is 4.66. The van der Waals surface area contributed by atoms with Crippen molar-refractivity contribution < 1.29 is 14.7 Å². The Morgan fingerprint density at radius 3 is 2.92 bits per heavy atom. The fraction of sp³-hybridized carbons (Fsp3) is 0.778. The molecule has 1 aliphatic heterocycles. The zero-order valence-corrected chi connectivity index (χ0v) is 7.82. The van der Waals surface area contributed by atoms with Gasteiger partial charge in [-0.1, -0.05) is 0 Å². The van der Waals surface area contributed by atoms with Gasteiger partial charge in [-0.05, 0) is 19.8 Å². The molecule has 1 N–H and O–H groups in total. The predicted octanol–water partition coefficient (Wildman–Crippen LogP) is 0.862. The third-order valence-electron chi connectivity index (χ3n) is 2.48. The minimum absolute atomic E-state index is 0.161. The van der Waals surface area contributed by atoms with Crippen molar-refractivity contribution >= 4 is 11.9 Å². The number of carboxylic acids is 1. The highest BCUT2D eigenvalue weighted by atomic mass is 16.4. The number of rotatable bonds is 4. The topological polar surface area (TPSA) is 57.6 Å². The molecule has 1 fully saturated rings. The molecule has 4 heteroatoms. The smallest absolute Gasteiger partial charge is 0.303 e. The summed E-state index contributed by atoms with van der Waals surface area (Å²) in [6.45, 7) is 2.63. The third kappa shape index (κ3) is 2.44. The van der Waals surface area contributed by atoms with Crippen LogP contribution in [0.5, 0.6) is 0 Å². The molecule has 1 atom stereocenters. The fourth-order valence-corrected chi connectivity index (χ4v) is 1.82. The van der Waals surface area contributed by atoms with E-state index in [1.807, 2.05) is 6.92 Å². The van der Waals surface area contributed by atoms with Crippen molar-refractivity contribution in [2.24, 2.45) is 0 Å². The number of carbonyl (C=O) groups excluding carboxylic acids is 1. The summed E-state index contributed by atoms with van der Waals surface area (Å²) in [5.74, 6) is -0.617. The van der Waals surface area contributed by atoms with Crippen LogP contribution >= 0.6 is 0 Å². The largest absolute Gasteiger partial charge is 0.481 e. The summed E-state index contributed by atoms with van der Waals surface area (Å²) in [7, 11) is 0. The summed E-state index contributed by atoms with van der Waals surface area (Å²) in [5.41, 5.74) is 0. The molecule has 1 unspecified atom stereocenters. The average molecular weight is 185 g/mol. The second-order valence-electron chi connectivity index (χ2n) is 3.30. The highest BCUT2D eigenvalue weighted by Gasteiger charge is 2.29. The maximum absolute atomic E-state index is 11.2. The van der Waals surface area contributed by atoms with Gasteiger partial charge in [0.05, 0.1) is 0 Å². The number of hydrogen-bond acceptors (Lipinski definition) is 2. The molecule has 0 aliphatic carbocycles. The summed E-state index contributed by atoms with van der Waals surface area (Å²) in [6, 6.07) is 0.161. The van der Waals surface area contributed by atoms with Gasteiger partial charge in [-0.2, -0.15) is 0 Å². The molecule has 1 saturated heterocycles. The Labute approximate surface area is 77.5 Å². The molecular formula is C9H15NO3. The van der Waals surface area contributed by atoms with Crippen molar-refractivity contribution in [2.45, 2.75) is 38.6 Å². The molecule has 1 rings (SSSR count). The standard InChI is InChI=1S/C9H15NO3/c1-2-10-7(3-5-8(10)11)4-6-9(12)13/h7H,2-6H2,1H3,(H,12,13). The van der Waals surface area contributed by atoms with E-state index in [0.717, 1.165) is 6.42 Å². The zero-order valence-electron chi connectivity index (χ0n) is 7.82. The van der Waals surface area contributed by atoms with Crippen LogP contribution in [0.1, 0.15) is 32.6 Å². The minimum Gasteiger partial charge on any atom is -0.481 e. The summed E-state index contributed by atoms with van der Waals surface area (Å²) < 4.78 is 0. The van der Waals surface area contributed by atoms with Crippen LogP contribution in [0.2, 0.25) is 0 Å². The molecular weight excluding hydrogens is 170 g/mol. The fourth-order valence-electron chi connectivity index (χ4n) is 1.82. The lowest BCUT2D eigenvalue weighted by Crippen LogP contribution is -2.32. The lowest BCUT2D eigenvalue weighted by atomic mass is 10.1. The second-order valence-corrected chi connectivity index (χ2v) is 3.30. The van der Waals surface area contributed by atoms with Crippen molar-refractivity contribution in [3.8, 4) is 0 Å². The number of likely N-dealkylation sites (tertiary alicyclic amines) is 1. The number of carboxylic acid groups (broad SMARTS) is 1.